The molecule has 2 heterocycles. The number of rotatable bonds is 19. The number of carbonyl (C=O) groups excluding carboxylic acids is 8. The van der Waals surface area contributed by atoms with Crippen LogP contribution < -0.4 is 0 Å². The Labute approximate surface area is 230 Å². The Balaban J connectivity index is 1.35. The predicted molar refractivity (Wildman–Crippen MR) is 129 cm³/mol. The van der Waals surface area contributed by atoms with Crippen molar-refractivity contribution in [3.05, 3.63) is 0 Å². The lowest BCUT2D eigenvalue weighted by Crippen LogP contribution is -2.31. The largest absolute Gasteiger partial charge is 0.466 e. The number of ether oxygens (including phenoxy) is 3. The van der Waals surface area contributed by atoms with Crippen LogP contribution in [0.15, 0.2) is 0 Å². The highest BCUT2D eigenvalue weighted by atomic mass is 16.7. The van der Waals surface area contributed by atoms with Gasteiger partial charge in [0.05, 0.1) is 13.2 Å². The Hall–Kier alpha value is -3.88. The number of amides is 4. The van der Waals surface area contributed by atoms with Crippen molar-refractivity contribution in [2.45, 2.75) is 83.5 Å². The van der Waals surface area contributed by atoms with Crippen molar-refractivity contribution in [2.24, 2.45) is 0 Å². The zero-order chi connectivity index (χ0) is 29.3. The minimum atomic E-state index is -0.717. The number of hydroxylamine groups is 4. The third-order valence-corrected chi connectivity index (χ3v) is 5.61. The maximum absolute atomic E-state index is 11.7. The molecule has 222 valence electrons. The molecular formula is C25H34N2O13. The summed E-state index contributed by atoms with van der Waals surface area (Å²) in [6.45, 7) is 0.633. The van der Waals surface area contributed by atoms with Crippen LogP contribution in [0, 0.1) is 0 Å². The van der Waals surface area contributed by atoms with Crippen LogP contribution in [-0.4, -0.2) is 84.1 Å². The quantitative estimate of drug-likeness (QED) is 0.121. The van der Waals surface area contributed by atoms with Gasteiger partial charge in [0.15, 0.2) is 0 Å². The lowest BCUT2D eigenvalue weighted by molar-refractivity contribution is -0.197. The number of imide groups is 2. The molecule has 0 aromatic rings. The van der Waals surface area contributed by atoms with Crippen molar-refractivity contribution >= 4 is 47.5 Å². The molecule has 2 aliphatic heterocycles. The SMILES string of the molecule is O=C(CCCCC(=O)ON1C(=O)CCC1=O)OCCCOCCOC(=O)CCCCC(=O)ON1C(=O)CCC1=O. The van der Waals surface area contributed by atoms with Gasteiger partial charge < -0.3 is 23.9 Å². The fraction of sp³-hybridized carbons (Fsp3) is 0.680. The van der Waals surface area contributed by atoms with Gasteiger partial charge in [0.2, 0.25) is 0 Å². The fourth-order valence-corrected chi connectivity index (χ4v) is 3.50. The Kier molecular flexibility index (Phi) is 14.3. The molecular weight excluding hydrogens is 536 g/mol. The topological polar surface area (TPSA) is 189 Å². The molecule has 0 bridgehead atoms. The molecule has 4 amide bonds. The second kappa shape index (κ2) is 17.7. The lowest BCUT2D eigenvalue weighted by atomic mass is 10.2. The van der Waals surface area contributed by atoms with Gasteiger partial charge in [-0.15, -0.1) is 10.1 Å². The van der Waals surface area contributed by atoms with E-state index in [1.54, 1.807) is 0 Å². The Morgan fingerprint density at radius 1 is 0.475 bits per heavy atom. The summed E-state index contributed by atoms with van der Waals surface area (Å²) in [7, 11) is 0. The van der Waals surface area contributed by atoms with Gasteiger partial charge >= 0.3 is 23.9 Å². The minimum absolute atomic E-state index is 0.0232. The molecule has 0 aliphatic carbocycles. The highest BCUT2D eigenvalue weighted by molar-refractivity contribution is 6.02. The number of hydrogen-bond donors (Lipinski definition) is 0. The van der Waals surface area contributed by atoms with Gasteiger partial charge in [-0.3, -0.25) is 28.8 Å². The molecule has 15 nitrogen and oxygen atoms in total. The molecule has 15 heteroatoms. The molecule has 40 heavy (non-hydrogen) atoms. The predicted octanol–water partition coefficient (Wildman–Crippen LogP) is 0.815. The normalized spacial score (nSPS) is 15.0. The molecule has 0 aromatic heterocycles. The molecule has 0 N–H and O–H groups in total. The Morgan fingerprint density at radius 3 is 1.27 bits per heavy atom. The van der Waals surface area contributed by atoms with E-state index in [1.807, 2.05) is 0 Å². The monoisotopic (exact) mass is 570 g/mol. The zero-order valence-corrected chi connectivity index (χ0v) is 22.2. The van der Waals surface area contributed by atoms with Crippen molar-refractivity contribution < 1.29 is 62.2 Å². The number of esters is 2. The minimum Gasteiger partial charge on any atom is -0.466 e. The van der Waals surface area contributed by atoms with Crippen molar-refractivity contribution in [1.29, 1.82) is 0 Å². The number of carbonyl (C=O) groups is 8. The third-order valence-electron chi connectivity index (χ3n) is 5.61. The van der Waals surface area contributed by atoms with E-state index in [1.165, 1.54) is 0 Å². The van der Waals surface area contributed by atoms with Crippen LogP contribution in [0.25, 0.3) is 0 Å². The smallest absolute Gasteiger partial charge is 0.333 e. The summed E-state index contributed by atoms with van der Waals surface area (Å²) in [5, 5.41) is 0.971. The Bertz CT molecular complexity index is 856. The maximum atomic E-state index is 11.7. The average Bonchev–Trinajstić information content (AvgIpc) is 3.40. The summed E-state index contributed by atoms with van der Waals surface area (Å²) in [5.41, 5.74) is 0. The molecule has 0 saturated carbocycles. The first-order chi connectivity index (χ1) is 19.2. The third kappa shape index (κ3) is 12.3. The van der Waals surface area contributed by atoms with E-state index < -0.39 is 47.5 Å². The summed E-state index contributed by atoms with van der Waals surface area (Å²) >= 11 is 0. The molecule has 2 aliphatic rings. The van der Waals surface area contributed by atoms with E-state index in [9.17, 15) is 38.4 Å². The van der Waals surface area contributed by atoms with Crippen molar-refractivity contribution in [2.75, 3.05) is 26.4 Å². The summed E-state index contributed by atoms with van der Waals surface area (Å²) < 4.78 is 15.4. The van der Waals surface area contributed by atoms with Crippen molar-refractivity contribution in [3.8, 4) is 0 Å². The van der Waals surface area contributed by atoms with E-state index in [4.69, 9.17) is 23.9 Å². The molecule has 0 unspecified atom stereocenters. The van der Waals surface area contributed by atoms with E-state index in [0.717, 1.165) is 0 Å². The molecule has 0 radical (unpaired) electrons. The van der Waals surface area contributed by atoms with E-state index in [0.29, 0.717) is 42.2 Å². The van der Waals surface area contributed by atoms with Crippen LogP contribution in [-0.2, 0) is 62.2 Å². The standard InChI is InChI=1S/C25H34N2O13/c28-18-10-11-19(29)26(18)39-24(34)8-3-1-6-22(32)37-15-5-14-36-16-17-38-23(33)7-2-4-9-25(35)40-27-20(30)12-13-21(27)31/h1-17H2. The molecule has 2 saturated heterocycles. The van der Waals surface area contributed by atoms with Crippen LogP contribution in [0.4, 0.5) is 0 Å². The van der Waals surface area contributed by atoms with Crippen LogP contribution >= 0.6 is 0 Å². The second-order valence-electron chi connectivity index (χ2n) is 8.91. The first kappa shape index (κ1) is 32.3. The summed E-state index contributed by atoms with van der Waals surface area (Å²) in [5.74, 6) is -4.51. The van der Waals surface area contributed by atoms with Crippen molar-refractivity contribution in [1.82, 2.24) is 10.1 Å². The lowest BCUT2D eigenvalue weighted by Gasteiger charge is -2.12. The summed E-state index contributed by atoms with van der Waals surface area (Å²) in [4.78, 5) is 102. The van der Waals surface area contributed by atoms with E-state index in [2.05, 4.69) is 0 Å². The van der Waals surface area contributed by atoms with Crippen LogP contribution in [0.3, 0.4) is 0 Å². The van der Waals surface area contributed by atoms with Gasteiger partial charge in [-0.2, -0.15) is 0 Å². The number of nitrogens with zero attached hydrogens (tertiary/aromatic N) is 2. The summed E-state index contributed by atoms with van der Waals surface area (Å²) in [6.07, 6.45) is 2.05. The molecule has 2 rings (SSSR count). The second-order valence-corrected chi connectivity index (χ2v) is 8.91. The first-order valence-corrected chi connectivity index (χ1v) is 13.2. The number of hydrogen-bond acceptors (Lipinski definition) is 13. The number of unbranched alkanes of at least 4 members (excludes halogenated alkanes) is 2. The molecule has 2 fully saturated rings. The fourth-order valence-electron chi connectivity index (χ4n) is 3.50. The highest BCUT2D eigenvalue weighted by Gasteiger charge is 2.33. The summed E-state index contributed by atoms with van der Waals surface area (Å²) in [6, 6.07) is 0. The van der Waals surface area contributed by atoms with Crippen LogP contribution in [0.2, 0.25) is 0 Å². The van der Waals surface area contributed by atoms with Gasteiger partial charge in [0.25, 0.3) is 23.6 Å². The van der Waals surface area contributed by atoms with Gasteiger partial charge in [-0.25, -0.2) is 9.59 Å². The molecule has 0 atom stereocenters. The van der Waals surface area contributed by atoms with Gasteiger partial charge in [-0.05, 0) is 25.7 Å². The van der Waals surface area contributed by atoms with Gasteiger partial charge in [0, 0.05) is 64.4 Å². The van der Waals surface area contributed by atoms with Gasteiger partial charge in [-0.1, -0.05) is 0 Å². The molecule has 0 aromatic carbocycles. The van der Waals surface area contributed by atoms with Crippen LogP contribution in [0.5, 0.6) is 0 Å². The van der Waals surface area contributed by atoms with Crippen LogP contribution in [0.1, 0.15) is 83.5 Å². The highest BCUT2D eigenvalue weighted by Crippen LogP contribution is 2.14. The maximum Gasteiger partial charge on any atom is 0.333 e. The van der Waals surface area contributed by atoms with E-state index in [-0.39, 0.29) is 77.8 Å². The van der Waals surface area contributed by atoms with Gasteiger partial charge in [0.1, 0.15) is 6.61 Å². The first-order valence-electron chi connectivity index (χ1n) is 13.2. The van der Waals surface area contributed by atoms with Crippen molar-refractivity contribution in [3.63, 3.8) is 0 Å². The van der Waals surface area contributed by atoms with E-state index >= 15 is 0 Å². The average molecular weight is 571 g/mol. The molecule has 0 spiro atoms. The zero-order valence-electron chi connectivity index (χ0n) is 22.2. The Morgan fingerprint density at radius 2 is 0.850 bits per heavy atom.